The predicted molar refractivity (Wildman–Crippen MR) is 137 cm³/mol. The van der Waals surface area contributed by atoms with Crippen molar-refractivity contribution in [2.75, 3.05) is 6.54 Å². The van der Waals surface area contributed by atoms with Crippen LogP contribution in [0.3, 0.4) is 0 Å². The standard InChI is InChI=1S/C29H40N2O6/c1-3-15-11-17-12-19-18-5-4-6-23(35)30-10-9-21(33)27-28(36)26(29(37)31-27)20(32)8-7-16(18)13-22(34)25(19)24(17)14(15)2/h4,6-8,14-19,21-22,24-25,27,32-34H,3,5,9-13H2,1-2H3,(H,30,35)(H,31,37)/b6-4-,8-7+,26-20?/t14-,15-,16-,17+,18+,19+,21+,22-,24+,25-,27?/m0/s1. The second-order valence-corrected chi connectivity index (χ2v) is 11.9. The zero-order valence-electron chi connectivity index (χ0n) is 21.7. The van der Waals surface area contributed by atoms with E-state index in [1.165, 1.54) is 25.0 Å². The molecule has 2 aliphatic heterocycles. The van der Waals surface area contributed by atoms with Crippen LogP contribution in [0.4, 0.5) is 0 Å². The van der Waals surface area contributed by atoms with Gasteiger partial charge < -0.3 is 26.0 Å². The Bertz CT molecular complexity index is 1030. The van der Waals surface area contributed by atoms with Crippen molar-refractivity contribution in [1.82, 2.24) is 10.6 Å². The summed E-state index contributed by atoms with van der Waals surface area (Å²) in [5.41, 5.74) is -0.350. The Hall–Kier alpha value is -2.45. The zero-order chi connectivity index (χ0) is 26.4. The van der Waals surface area contributed by atoms with Gasteiger partial charge in [0.2, 0.25) is 5.91 Å². The summed E-state index contributed by atoms with van der Waals surface area (Å²) >= 11 is 0. The number of aliphatic hydroxyl groups is 3. The van der Waals surface area contributed by atoms with Gasteiger partial charge in [-0.15, -0.1) is 0 Å². The fourth-order valence-electron chi connectivity index (χ4n) is 8.51. The quantitative estimate of drug-likeness (QED) is 0.342. The summed E-state index contributed by atoms with van der Waals surface area (Å²) < 4.78 is 0. The van der Waals surface area contributed by atoms with Crippen molar-refractivity contribution in [1.29, 1.82) is 0 Å². The predicted octanol–water partition coefficient (Wildman–Crippen LogP) is 2.18. The van der Waals surface area contributed by atoms with Crippen LogP contribution in [0.2, 0.25) is 0 Å². The molecule has 3 saturated carbocycles. The molecule has 2 amide bonds. The molecule has 0 aromatic rings. The highest BCUT2D eigenvalue weighted by Crippen LogP contribution is 2.62. The van der Waals surface area contributed by atoms with Crippen molar-refractivity contribution in [3.8, 4) is 0 Å². The maximum absolute atomic E-state index is 12.8. The van der Waals surface area contributed by atoms with Crippen LogP contribution < -0.4 is 10.6 Å². The first-order valence-electron chi connectivity index (χ1n) is 14.0. The second-order valence-electron chi connectivity index (χ2n) is 11.9. The number of aliphatic hydroxyl groups excluding tert-OH is 3. The molecule has 2 bridgehead atoms. The number of fused-ring (bicyclic) bond motifs is 7. The van der Waals surface area contributed by atoms with Gasteiger partial charge in [0.15, 0.2) is 5.78 Å². The molecule has 0 aromatic heterocycles. The third-order valence-corrected chi connectivity index (χ3v) is 10.2. The summed E-state index contributed by atoms with van der Waals surface area (Å²) in [5.74, 6) is 1.03. The molecule has 5 rings (SSSR count). The normalized spacial score (nSPS) is 46.1. The molecule has 11 atom stereocenters. The van der Waals surface area contributed by atoms with Gasteiger partial charge in [0.1, 0.15) is 17.4 Å². The van der Waals surface area contributed by atoms with Gasteiger partial charge in [-0.1, -0.05) is 32.4 Å². The average Bonchev–Trinajstić information content (AvgIpc) is 3.48. The third-order valence-electron chi connectivity index (χ3n) is 10.2. The maximum Gasteiger partial charge on any atom is 0.259 e. The van der Waals surface area contributed by atoms with Gasteiger partial charge in [-0.2, -0.15) is 0 Å². The lowest BCUT2D eigenvalue weighted by Gasteiger charge is -2.44. The Morgan fingerprint density at radius 2 is 1.78 bits per heavy atom. The summed E-state index contributed by atoms with van der Waals surface area (Å²) in [6.45, 7) is 4.76. The number of hydrogen-bond acceptors (Lipinski definition) is 6. The highest BCUT2D eigenvalue weighted by atomic mass is 16.3. The molecule has 0 radical (unpaired) electrons. The minimum Gasteiger partial charge on any atom is -0.507 e. The summed E-state index contributed by atoms with van der Waals surface area (Å²) in [7, 11) is 0. The molecule has 37 heavy (non-hydrogen) atoms. The van der Waals surface area contributed by atoms with E-state index in [1.54, 1.807) is 0 Å². The number of rotatable bonds is 1. The van der Waals surface area contributed by atoms with E-state index in [0.29, 0.717) is 42.4 Å². The first kappa shape index (κ1) is 26.2. The number of ketones is 1. The number of amides is 2. The van der Waals surface area contributed by atoms with Gasteiger partial charge >= 0.3 is 0 Å². The summed E-state index contributed by atoms with van der Waals surface area (Å²) in [4.78, 5) is 37.7. The van der Waals surface area contributed by atoms with E-state index in [1.807, 2.05) is 12.2 Å². The number of nitrogens with one attached hydrogen (secondary N) is 2. The van der Waals surface area contributed by atoms with Gasteiger partial charge in [-0.3, -0.25) is 14.4 Å². The van der Waals surface area contributed by atoms with E-state index in [2.05, 4.69) is 24.5 Å². The lowest BCUT2D eigenvalue weighted by atomic mass is 9.62. The van der Waals surface area contributed by atoms with E-state index in [4.69, 9.17) is 0 Å². The molecule has 1 unspecified atom stereocenters. The van der Waals surface area contributed by atoms with Crippen LogP contribution in [-0.4, -0.2) is 57.7 Å². The first-order chi connectivity index (χ1) is 17.7. The van der Waals surface area contributed by atoms with Crippen LogP contribution >= 0.6 is 0 Å². The van der Waals surface area contributed by atoms with Crippen LogP contribution in [0.15, 0.2) is 35.6 Å². The molecule has 202 valence electrons. The van der Waals surface area contributed by atoms with Gasteiger partial charge in [0, 0.05) is 6.54 Å². The Morgan fingerprint density at radius 1 is 1.00 bits per heavy atom. The molecular formula is C29H40N2O6. The number of Topliss-reactive ketones (excluding diaryl/α,β-unsaturated/α-hetero) is 1. The minimum atomic E-state index is -1.19. The molecule has 0 spiro atoms. The van der Waals surface area contributed by atoms with E-state index in [9.17, 15) is 29.7 Å². The van der Waals surface area contributed by atoms with Crippen LogP contribution in [0, 0.1) is 47.3 Å². The molecule has 1 saturated heterocycles. The Morgan fingerprint density at radius 3 is 2.54 bits per heavy atom. The molecule has 8 nitrogen and oxygen atoms in total. The first-order valence-corrected chi connectivity index (χ1v) is 14.0. The lowest BCUT2D eigenvalue weighted by molar-refractivity contribution is -0.118. The minimum absolute atomic E-state index is 0.0725. The molecular weight excluding hydrogens is 472 g/mol. The smallest absolute Gasteiger partial charge is 0.259 e. The fraction of sp³-hybridized carbons (Fsp3) is 0.690. The molecule has 2 heterocycles. The van der Waals surface area contributed by atoms with Crippen molar-refractivity contribution in [2.24, 2.45) is 47.3 Å². The number of carbonyl (C=O) groups is 3. The number of hydrogen-bond donors (Lipinski definition) is 5. The molecule has 5 aliphatic rings. The summed E-state index contributed by atoms with van der Waals surface area (Å²) in [5, 5.41) is 37.7. The fourth-order valence-corrected chi connectivity index (χ4v) is 8.51. The van der Waals surface area contributed by atoms with Crippen LogP contribution in [0.5, 0.6) is 0 Å². The van der Waals surface area contributed by atoms with Crippen molar-refractivity contribution in [3.05, 3.63) is 35.6 Å². The average molecular weight is 513 g/mol. The maximum atomic E-state index is 12.8. The molecule has 0 aromatic carbocycles. The Balaban J connectivity index is 1.47. The second kappa shape index (κ2) is 10.4. The molecule has 8 heteroatoms. The third kappa shape index (κ3) is 4.67. The van der Waals surface area contributed by atoms with Crippen molar-refractivity contribution in [2.45, 2.75) is 70.6 Å². The highest BCUT2D eigenvalue weighted by molar-refractivity contribution is 6.27. The van der Waals surface area contributed by atoms with E-state index in [0.717, 1.165) is 6.42 Å². The SMILES string of the molecule is CC[C@H]1C[C@@H]2C[C@@H]3[C@@H]4C/C=C\C(=O)NCC[C@@H](O)C5NC(=O)C(=C(O)/C=C/[C@H]4C[C@H](O)[C@H]3[C@@H]2[C@H]1C)C5=O. The largest absolute Gasteiger partial charge is 0.507 e. The molecule has 3 aliphatic carbocycles. The molecule has 4 fully saturated rings. The molecule has 5 N–H and O–H groups in total. The van der Waals surface area contributed by atoms with Crippen LogP contribution in [0.25, 0.3) is 0 Å². The van der Waals surface area contributed by atoms with Crippen molar-refractivity contribution < 1.29 is 29.7 Å². The van der Waals surface area contributed by atoms with Crippen LogP contribution in [-0.2, 0) is 14.4 Å². The zero-order valence-corrected chi connectivity index (χ0v) is 21.7. The van der Waals surface area contributed by atoms with Gasteiger partial charge in [-0.25, -0.2) is 0 Å². The van der Waals surface area contributed by atoms with E-state index < -0.39 is 35.7 Å². The summed E-state index contributed by atoms with van der Waals surface area (Å²) in [6.07, 6.45) is 9.79. The summed E-state index contributed by atoms with van der Waals surface area (Å²) in [6, 6.07) is -1.16. The topological polar surface area (TPSA) is 136 Å². The Labute approximate surface area is 218 Å². The van der Waals surface area contributed by atoms with E-state index in [-0.39, 0.29) is 42.2 Å². The van der Waals surface area contributed by atoms with Crippen LogP contribution in [0.1, 0.15) is 52.4 Å². The van der Waals surface area contributed by atoms with Gasteiger partial charge in [0.05, 0.1) is 12.2 Å². The van der Waals surface area contributed by atoms with Gasteiger partial charge in [0.25, 0.3) is 5.91 Å². The number of allylic oxidation sites excluding steroid dienone is 3. The highest BCUT2D eigenvalue weighted by Gasteiger charge is 2.58. The van der Waals surface area contributed by atoms with E-state index >= 15 is 0 Å². The van der Waals surface area contributed by atoms with Gasteiger partial charge in [-0.05, 0) is 91.6 Å². The van der Waals surface area contributed by atoms with Crippen molar-refractivity contribution >= 4 is 17.6 Å². The van der Waals surface area contributed by atoms with Crippen molar-refractivity contribution in [3.63, 3.8) is 0 Å². The monoisotopic (exact) mass is 512 g/mol. The number of carbonyl (C=O) groups excluding carboxylic acids is 3. The Kier molecular flexibility index (Phi) is 7.33. The lowest BCUT2D eigenvalue weighted by Crippen LogP contribution is -2.43.